The first kappa shape index (κ1) is 29.6. The van der Waals surface area contributed by atoms with E-state index in [4.69, 9.17) is 0 Å². The maximum Gasteiger partial charge on any atom is 0.187 e. The Hall–Kier alpha value is 0.584. The molecule has 2 aliphatic rings. The lowest BCUT2D eigenvalue weighted by atomic mass is 10.6. The highest BCUT2D eigenvalue weighted by molar-refractivity contribution is 8.05. The van der Waals surface area contributed by atoms with Crippen molar-refractivity contribution in [1.82, 2.24) is 0 Å². The topological polar surface area (TPSA) is 0 Å². The summed E-state index contributed by atoms with van der Waals surface area (Å²) in [5.41, 5.74) is 0. The number of hydrogen-bond acceptors (Lipinski definition) is 6. The van der Waals surface area contributed by atoms with Crippen molar-refractivity contribution < 1.29 is 0 Å². The van der Waals surface area contributed by atoms with Crippen LogP contribution in [-0.4, -0.2) is 40.4 Å². The smallest absolute Gasteiger partial charge is 0.138 e. The number of rotatable bonds is 4. The quantitative estimate of drug-likeness (QED) is 0.194. The highest BCUT2D eigenvalue weighted by Gasteiger charge is 2.55. The minimum Gasteiger partial charge on any atom is -0.138 e. The fraction of sp³-hybridized carbons (Fsp3) is 0.429. The van der Waals surface area contributed by atoms with Gasteiger partial charge in [0, 0.05) is 0 Å². The molecule has 0 amide bonds. The molecule has 0 aliphatic carbocycles. The highest BCUT2D eigenvalue weighted by Crippen LogP contribution is 2.45. The molecule has 4 aromatic heterocycles. The number of hydrogen-bond donors (Lipinski definition) is 0. The Morgan fingerprint density at radius 3 is 0.769 bits per heavy atom. The molecule has 1 spiro atoms. The van der Waals surface area contributed by atoms with E-state index in [0.29, 0.717) is 0 Å². The molecule has 4 aromatic rings. The third-order valence-corrected chi connectivity index (χ3v) is 35.7. The third kappa shape index (κ3) is 4.72. The van der Waals surface area contributed by atoms with Crippen LogP contribution in [0.3, 0.4) is 0 Å². The van der Waals surface area contributed by atoms with Gasteiger partial charge in [-0.25, -0.2) is 0 Å². The average molecular weight is 709 g/mol. The van der Waals surface area contributed by atoms with Crippen LogP contribution in [0.4, 0.5) is 0 Å². The van der Waals surface area contributed by atoms with Crippen molar-refractivity contribution >= 4 is 148 Å². The van der Waals surface area contributed by atoms with Gasteiger partial charge in [-0.05, 0) is 38.7 Å². The molecule has 208 valence electrons. The molecule has 0 bridgehead atoms. The summed E-state index contributed by atoms with van der Waals surface area (Å²) >= 11 is 12.9. The summed E-state index contributed by atoms with van der Waals surface area (Å²) in [5.74, 6) is 0. The van der Waals surface area contributed by atoms with Crippen LogP contribution in [0.2, 0.25) is 78.6 Å². The maximum absolute atomic E-state index is 2.75. The van der Waals surface area contributed by atoms with E-state index in [2.05, 4.69) is 172 Å². The second-order valence-electron chi connectivity index (χ2n) is 15.2. The Bertz CT molecular complexity index is 1370. The first-order valence-electron chi connectivity index (χ1n) is 13.8. The minimum atomic E-state index is -2.40. The van der Waals surface area contributed by atoms with E-state index in [0.717, 1.165) is 0 Å². The Morgan fingerprint density at radius 2 is 0.590 bits per heavy atom. The molecular weight excluding hydrogens is 669 g/mol. The van der Waals surface area contributed by atoms with E-state index in [9.17, 15) is 0 Å². The molecule has 0 saturated carbocycles. The monoisotopic (exact) mass is 708 g/mol. The third-order valence-electron chi connectivity index (χ3n) is 7.74. The second kappa shape index (κ2) is 9.29. The molecule has 0 radical (unpaired) electrons. The molecule has 2 aliphatic heterocycles. The van der Waals surface area contributed by atoms with Gasteiger partial charge in [0.1, 0.15) is 0 Å². The van der Waals surface area contributed by atoms with Crippen LogP contribution >= 0.6 is 68.9 Å². The Morgan fingerprint density at radius 1 is 0.385 bits per heavy atom. The first-order valence-corrected chi connectivity index (χ1v) is 34.7. The van der Waals surface area contributed by atoms with E-state index < -0.39 is 40.4 Å². The van der Waals surface area contributed by atoms with Crippen molar-refractivity contribution in [3.63, 3.8) is 0 Å². The highest BCUT2D eigenvalue weighted by atomic mass is 32.2. The maximum atomic E-state index is 2.75. The van der Waals surface area contributed by atoms with Crippen molar-refractivity contribution in [3.8, 4) is 0 Å². The van der Waals surface area contributed by atoms with Gasteiger partial charge in [-0.2, -0.15) is 0 Å². The van der Waals surface area contributed by atoms with Crippen molar-refractivity contribution in [2.24, 2.45) is 0 Å². The largest absolute Gasteiger partial charge is 0.187 e. The van der Waals surface area contributed by atoms with Gasteiger partial charge in [0.25, 0.3) is 0 Å². The van der Waals surface area contributed by atoms with E-state index in [-0.39, 0.29) is 0 Å². The lowest BCUT2D eigenvalue weighted by molar-refractivity contribution is 1.59. The van der Waals surface area contributed by atoms with Gasteiger partial charge < -0.3 is 0 Å². The summed E-state index contributed by atoms with van der Waals surface area (Å²) < 4.78 is 13.3. The normalized spacial score (nSPS) is 16.7. The molecule has 0 fully saturated rings. The van der Waals surface area contributed by atoms with Crippen LogP contribution in [0, 0.1) is 0 Å². The summed E-state index contributed by atoms with van der Waals surface area (Å²) in [6, 6.07) is 11.0. The average Bonchev–Trinajstić information content (AvgIpc) is 3.54. The fourth-order valence-electron chi connectivity index (χ4n) is 5.36. The zero-order chi connectivity index (χ0) is 28.5. The van der Waals surface area contributed by atoms with Gasteiger partial charge >= 0.3 is 0 Å². The predicted octanol–water partition coefficient (Wildman–Crippen LogP) is 6.42. The van der Waals surface area contributed by atoms with Crippen molar-refractivity contribution in [2.45, 2.75) is 95.4 Å². The van der Waals surface area contributed by atoms with Crippen molar-refractivity contribution in [3.05, 3.63) is 24.3 Å². The molecule has 0 N–H and O–H groups in total. The standard InChI is InChI=1S/C28H40S6Si5/c1-35(2,3)21-13-17-25(29-21)33-26-18(14-22(30-26)36(4,5)6)39(17)19-15-23(37(7,8)9)31-27(19)34-28-20(39)16-24(32-28)38(10,11)12/h13-16H,1-12H3. The first-order chi connectivity index (χ1) is 17.8. The molecule has 6 heterocycles. The van der Waals surface area contributed by atoms with Gasteiger partial charge in [-0.3, -0.25) is 0 Å². The Labute approximate surface area is 265 Å². The zero-order valence-electron chi connectivity index (χ0n) is 25.3. The molecule has 39 heavy (non-hydrogen) atoms. The van der Waals surface area contributed by atoms with Crippen LogP contribution in [0.15, 0.2) is 41.1 Å². The molecule has 0 unspecified atom stereocenters. The van der Waals surface area contributed by atoms with Crippen LogP contribution in [-0.2, 0) is 0 Å². The van der Waals surface area contributed by atoms with E-state index in [1.807, 2.05) is 0 Å². The van der Waals surface area contributed by atoms with Crippen molar-refractivity contribution in [1.29, 1.82) is 0 Å². The van der Waals surface area contributed by atoms with Crippen LogP contribution in [0.5, 0.6) is 0 Å². The summed E-state index contributed by atoms with van der Waals surface area (Å²) in [6.07, 6.45) is 0. The molecule has 6 rings (SSSR count). The minimum absolute atomic E-state index is 1.43. The summed E-state index contributed by atoms with van der Waals surface area (Å²) in [4.78, 5) is 0. The van der Waals surface area contributed by atoms with Gasteiger partial charge in [0.05, 0.1) is 49.1 Å². The van der Waals surface area contributed by atoms with E-state index in [1.165, 1.54) is 0 Å². The molecule has 0 saturated heterocycles. The van der Waals surface area contributed by atoms with Gasteiger partial charge in [-0.1, -0.05) is 126 Å². The summed E-state index contributed by atoms with van der Waals surface area (Å²) in [7, 11) is -8.13. The van der Waals surface area contributed by atoms with E-state index >= 15 is 0 Å². The lowest BCUT2D eigenvalue weighted by Gasteiger charge is -2.38. The fourth-order valence-corrected chi connectivity index (χ4v) is 31.2. The van der Waals surface area contributed by atoms with Crippen LogP contribution in [0.1, 0.15) is 0 Å². The van der Waals surface area contributed by atoms with Gasteiger partial charge in [0.2, 0.25) is 0 Å². The Kier molecular flexibility index (Phi) is 7.06. The molecular formula is C28H40S6Si5. The number of thiophene rings is 4. The second-order valence-corrected chi connectivity index (χ2v) is 47.7. The predicted molar refractivity (Wildman–Crippen MR) is 202 cm³/mol. The molecule has 11 heteroatoms. The van der Waals surface area contributed by atoms with Crippen LogP contribution in [0.25, 0.3) is 0 Å². The van der Waals surface area contributed by atoms with E-state index in [1.54, 1.807) is 55.6 Å². The zero-order valence-corrected chi connectivity index (χ0v) is 35.2. The van der Waals surface area contributed by atoms with Crippen molar-refractivity contribution in [2.75, 3.05) is 0 Å². The number of fused-ring (bicyclic) bond motifs is 8. The SMILES string of the molecule is C[Si](C)(C)c1cc2c(s1)Sc1sc([Si](C)(C)C)cc1[Si]21c2cc([Si](C)(C)C)sc2Sc2sc([Si](C)(C)C)cc21. The Balaban J connectivity index is 1.77. The molecule has 0 atom stereocenters. The van der Waals surface area contributed by atoms with Gasteiger partial charge in [-0.15, -0.1) is 45.3 Å². The van der Waals surface area contributed by atoms with Gasteiger partial charge in [0.15, 0.2) is 8.07 Å². The summed E-state index contributed by atoms with van der Waals surface area (Å²) in [5, 5.41) is 6.96. The molecule has 0 aromatic carbocycles. The van der Waals surface area contributed by atoms with Crippen LogP contribution < -0.4 is 38.7 Å². The summed E-state index contributed by atoms with van der Waals surface area (Å²) in [6.45, 7) is 30.5. The molecule has 0 nitrogen and oxygen atoms in total. The lowest BCUT2D eigenvalue weighted by Crippen LogP contribution is -2.77.